The molecule has 0 aliphatic heterocycles. The summed E-state index contributed by atoms with van der Waals surface area (Å²) in [6.07, 6.45) is 20.4. The van der Waals surface area contributed by atoms with Gasteiger partial charge in [-0.05, 0) is 25.7 Å². The molecule has 0 bridgehead atoms. The lowest BCUT2D eigenvalue weighted by Gasteiger charge is -2.35. The van der Waals surface area contributed by atoms with Crippen LogP contribution >= 0.6 is 7.60 Å². The number of quaternary nitrogens is 1. The van der Waals surface area contributed by atoms with Crippen molar-refractivity contribution in [3.05, 3.63) is 12.7 Å². The van der Waals surface area contributed by atoms with Crippen molar-refractivity contribution in [1.29, 1.82) is 0 Å². The Morgan fingerprint density at radius 3 is 1.41 bits per heavy atom. The van der Waals surface area contributed by atoms with Gasteiger partial charge in [-0.3, -0.25) is 4.57 Å². The summed E-state index contributed by atoms with van der Waals surface area (Å²) in [6, 6.07) is 0. The molecule has 1 atom stereocenters. The van der Waals surface area contributed by atoms with E-state index in [2.05, 4.69) is 6.58 Å². The van der Waals surface area contributed by atoms with E-state index >= 15 is 0 Å². The molecule has 0 aromatic heterocycles. The standard InChI is InChI=1S/C23H48NO4P/c1-5-6-7-8-9-10-11-12-13-14-15-16-17-18-19-20-21-23(25,29(26,27)28)22-24(2,3)4/h5,25H,1,6-22H2,2-4H3,(H-,26,27,28)/p+1. The number of rotatable bonds is 20. The molecule has 1 unspecified atom stereocenters. The molecule has 0 aromatic carbocycles. The molecule has 6 heteroatoms. The van der Waals surface area contributed by atoms with E-state index in [1.54, 1.807) is 0 Å². The van der Waals surface area contributed by atoms with Gasteiger partial charge in [-0.1, -0.05) is 83.1 Å². The first-order valence-corrected chi connectivity index (χ1v) is 13.3. The lowest BCUT2D eigenvalue weighted by Crippen LogP contribution is -2.49. The third-order valence-electron chi connectivity index (χ3n) is 5.51. The molecular weight excluding hydrogens is 385 g/mol. The lowest BCUT2D eigenvalue weighted by atomic mass is 10.0. The molecule has 0 aliphatic rings. The highest BCUT2D eigenvalue weighted by atomic mass is 31.2. The Morgan fingerprint density at radius 1 is 0.759 bits per heavy atom. The van der Waals surface area contributed by atoms with E-state index in [1.807, 2.05) is 27.2 Å². The minimum Gasteiger partial charge on any atom is -0.373 e. The quantitative estimate of drug-likeness (QED) is 0.0952. The van der Waals surface area contributed by atoms with Gasteiger partial charge < -0.3 is 19.4 Å². The van der Waals surface area contributed by atoms with Crippen molar-refractivity contribution in [2.45, 2.75) is 108 Å². The van der Waals surface area contributed by atoms with Crippen LogP contribution in [0.4, 0.5) is 0 Å². The molecule has 0 spiro atoms. The van der Waals surface area contributed by atoms with E-state index in [0.29, 0.717) is 10.9 Å². The van der Waals surface area contributed by atoms with Crippen molar-refractivity contribution in [3.8, 4) is 0 Å². The van der Waals surface area contributed by atoms with Gasteiger partial charge in [0, 0.05) is 0 Å². The maximum absolute atomic E-state index is 11.8. The Labute approximate surface area is 180 Å². The zero-order valence-electron chi connectivity index (χ0n) is 19.4. The number of hydrogen-bond donors (Lipinski definition) is 3. The average molecular weight is 435 g/mol. The van der Waals surface area contributed by atoms with E-state index in [1.165, 1.54) is 70.6 Å². The van der Waals surface area contributed by atoms with E-state index in [9.17, 15) is 19.5 Å². The van der Waals surface area contributed by atoms with Crippen LogP contribution < -0.4 is 0 Å². The summed E-state index contributed by atoms with van der Waals surface area (Å²) >= 11 is 0. The van der Waals surface area contributed by atoms with Crippen LogP contribution in [0.25, 0.3) is 0 Å². The summed E-state index contributed by atoms with van der Waals surface area (Å²) < 4.78 is 12.1. The maximum Gasteiger partial charge on any atom is 0.362 e. The number of unbranched alkanes of at least 4 members (excludes halogenated alkanes) is 14. The largest absolute Gasteiger partial charge is 0.373 e. The molecule has 0 fully saturated rings. The van der Waals surface area contributed by atoms with Crippen molar-refractivity contribution in [3.63, 3.8) is 0 Å². The van der Waals surface area contributed by atoms with Gasteiger partial charge in [0.1, 0.15) is 6.54 Å². The van der Waals surface area contributed by atoms with Crippen molar-refractivity contribution < 1.29 is 23.9 Å². The van der Waals surface area contributed by atoms with Gasteiger partial charge in [-0.2, -0.15) is 0 Å². The molecule has 0 amide bonds. The summed E-state index contributed by atoms with van der Waals surface area (Å²) in [6.45, 7) is 3.82. The highest BCUT2D eigenvalue weighted by molar-refractivity contribution is 7.53. The predicted octanol–water partition coefficient (Wildman–Crippen LogP) is 5.99. The van der Waals surface area contributed by atoms with E-state index in [-0.39, 0.29) is 13.0 Å². The van der Waals surface area contributed by atoms with E-state index < -0.39 is 12.9 Å². The first kappa shape index (κ1) is 28.8. The zero-order valence-corrected chi connectivity index (χ0v) is 20.3. The Hall–Kier alpha value is -0.190. The average Bonchev–Trinajstić information content (AvgIpc) is 2.59. The molecule has 0 rings (SSSR count). The van der Waals surface area contributed by atoms with Gasteiger partial charge in [-0.25, -0.2) is 0 Å². The molecule has 0 aromatic rings. The molecule has 3 N–H and O–H groups in total. The fraction of sp³-hybridized carbons (Fsp3) is 0.913. The van der Waals surface area contributed by atoms with Gasteiger partial charge >= 0.3 is 7.60 Å². The minimum atomic E-state index is -4.54. The second-order valence-electron chi connectivity index (χ2n) is 9.75. The fourth-order valence-electron chi connectivity index (χ4n) is 3.89. The van der Waals surface area contributed by atoms with Crippen LogP contribution in [-0.2, 0) is 4.57 Å². The fourth-order valence-corrected chi connectivity index (χ4v) is 4.95. The van der Waals surface area contributed by atoms with Crippen molar-refractivity contribution in [2.75, 3.05) is 27.7 Å². The number of aliphatic hydroxyl groups is 1. The molecule has 0 aliphatic carbocycles. The smallest absolute Gasteiger partial charge is 0.362 e. The van der Waals surface area contributed by atoms with Gasteiger partial charge in [-0.15, -0.1) is 6.58 Å². The van der Waals surface area contributed by atoms with Crippen LogP contribution in [0.5, 0.6) is 0 Å². The molecule has 0 radical (unpaired) electrons. The van der Waals surface area contributed by atoms with Crippen LogP contribution in [0.3, 0.4) is 0 Å². The Bertz CT molecular complexity index is 458. The van der Waals surface area contributed by atoms with Crippen LogP contribution in [0.15, 0.2) is 12.7 Å². The molecule has 0 saturated heterocycles. The minimum absolute atomic E-state index is 0.0616. The molecule has 29 heavy (non-hydrogen) atoms. The van der Waals surface area contributed by atoms with Crippen LogP contribution in [0.1, 0.15) is 103 Å². The molecule has 0 saturated carbocycles. The topological polar surface area (TPSA) is 77.8 Å². The molecule has 174 valence electrons. The van der Waals surface area contributed by atoms with Crippen LogP contribution in [0, 0.1) is 0 Å². The second-order valence-corrected chi connectivity index (χ2v) is 11.7. The Kier molecular flexibility index (Phi) is 15.5. The SMILES string of the molecule is C=CCCCCCCCCCCCCCCCCC(O)(C[N+](C)(C)C)P(=O)(O)O. The van der Waals surface area contributed by atoms with E-state index in [0.717, 1.165) is 19.3 Å². The van der Waals surface area contributed by atoms with Gasteiger partial charge in [0.2, 0.25) is 5.34 Å². The number of hydrogen-bond acceptors (Lipinski definition) is 2. The molecule has 0 heterocycles. The highest BCUT2D eigenvalue weighted by Gasteiger charge is 2.48. The van der Waals surface area contributed by atoms with Crippen molar-refractivity contribution in [1.82, 2.24) is 0 Å². The van der Waals surface area contributed by atoms with Crippen molar-refractivity contribution >= 4 is 7.60 Å². The summed E-state index contributed by atoms with van der Waals surface area (Å²) in [4.78, 5) is 19.1. The molecular formula is C23H49NO4P+. The number of likely N-dealkylation sites (N-methyl/N-ethyl adjacent to an activating group) is 1. The van der Waals surface area contributed by atoms with Crippen LogP contribution in [-0.4, -0.2) is 52.4 Å². The van der Waals surface area contributed by atoms with Gasteiger partial charge in [0.05, 0.1) is 21.1 Å². The second kappa shape index (κ2) is 15.6. The first-order chi connectivity index (χ1) is 13.5. The number of allylic oxidation sites excluding steroid dienone is 1. The predicted molar refractivity (Wildman–Crippen MR) is 124 cm³/mol. The van der Waals surface area contributed by atoms with Crippen LogP contribution in [0.2, 0.25) is 0 Å². The first-order valence-electron chi connectivity index (χ1n) is 11.7. The summed E-state index contributed by atoms with van der Waals surface area (Å²) in [5, 5.41) is 8.61. The summed E-state index contributed by atoms with van der Waals surface area (Å²) in [5.74, 6) is 0. The Balaban J connectivity index is 3.63. The third-order valence-corrected chi connectivity index (χ3v) is 6.95. The third kappa shape index (κ3) is 16.2. The number of nitrogens with zero attached hydrogens (tertiary/aromatic N) is 1. The van der Waals surface area contributed by atoms with Gasteiger partial charge in [0.15, 0.2) is 0 Å². The maximum atomic E-state index is 11.8. The van der Waals surface area contributed by atoms with Crippen molar-refractivity contribution in [2.24, 2.45) is 0 Å². The lowest BCUT2D eigenvalue weighted by molar-refractivity contribution is -0.875. The monoisotopic (exact) mass is 434 g/mol. The zero-order chi connectivity index (χ0) is 22.2. The summed E-state index contributed by atoms with van der Waals surface area (Å²) in [7, 11) is 0.977. The van der Waals surface area contributed by atoms with Gasteiger partial charge in [0.25, 0.3) is 0 Å². The Morgan fingerprint density at radius 2 is 1.10 bits per heavy atom. The molecule has 5 nitrogen and oxygen atoms in total. The summed E-state index contributed by atoms with van der Waals surface area (Å²) in [5.41, 5.74) is 0. The highest BCUT2D eigenvalue weighted by Crippen LogP contribution is 2.52. The van der Waals surface area contributed by atoms with E-state index in [4.69, 9.17) is 0 Å². The normalized spacial score (nSPS) is 14.7.